The van der Waals surface area contributed by atoms with Gasteiger partial charge in [-0.3, -0.25) is 0 Å². The van der Waals surface area contributed by atoms with Crippen LogP contribution in [0.15, 0.2) is 24.4 Å². The Morgan fingerprint density at radius 3 is 2.62 bits per heavy atom. The number of aromatic nitrogens is 3. The summed E-state index contributed by atoms with van der Waals surface area (Å²) in [7, 11) is 3.37. The fourth-order valence-corrected chi connectivity index (χ4v) is 7.75. The molecule has 6 rings (SSSR count). The van der Waals surface area contributed by atoms with Crippen LogP contribution in [0.25, 0.3) is 32.1 Å². The first-order valence-corrected chi connectivity index (χ1v) is 17.6. The van der Waals surface area contributed by atoms with Gasteiger partial charge in [-0.05, 0) is 51.6 Å². The number of hydrogen-bond donors (Lipinski definition) is 3. The molecule has 5 aromatic rings. The molecule has 280 valence electrons. The number of anilines is 3. The van der Waals surface area contributed by atoms with Gasteiger partial charge in [0.25, 0.3) is 0 Å². The molecule has 3 atom stereocenters. The zero-order valence-electron chi connectivity index (χ0n) is 28.9. The Bertz CT molecular complexity index is 2250. The van der Waals surface area contributed by atoms with Crippen molar-refractivity contribution in [3.63, 3.8) is 0 Å². The van der Waals surface area contributed by atoms with Gasteiger partial charge in [0.15, 0.2) is 5.82 Å². The first-order chi connectivity index (χ1) is 25.2. The van der Waals surface area contributed by atoms with Crippen molar-refractivity contribution in [2.75, 3.05) is 50.2 Å². The molecule has 0 saturated carbocycles. The Morgan fingerprint density at radius 2 is 1.94 bits per heavy atom. The Morgan fingerprint density at radius 1 is 1.19 bits per heavy atom. The Hall–Kier alpha value is -4.76. The van der Waals surface area contributed by atoms with Crippen molar-refractivity contribution in [1.29, 1.82) is 5.26 Å². The molecule has 0 spiro atoms. The maximum Gasteiger partial charge on any atom is 0.420 e. The molecule has 5 N–H and O–H groups in total. The number of pyridine rings is 1. The highest BCUT2D eigenvalue weighted by atomic mass is 35.5. The van der Waals surface area contributed by atoms with Crippen LogP contribution in [0.1, 0.15) is 49.4 Å². The summed E-state index contributed by atoms with van der Waals surface area (Å²) < 4.78 is 96.1. The zero-order chi connectivity index (χ0) is 38.4. The van der Waals surface area contributed by atoms with E-state index in [1.54, 1.807) is 39.0 Å². The molecule has 1 aliphatic rings. The smallest absolute Gasteiger partial charge is 0.420 e. The molecular weight excluding hydrogens is 743 g/mol. The lowest BCUT2D eigenvalue weighted by molar-refractivity contribution is -0.138. The van der Waals surface area contributed by atoms with Crippen molar-refractivity contribution in [2.24, 2.45) is 0 Å². The van der Waals surface area contributed by atoms with E-state index in [2.05, 4.69) is 20.3 Å². The lowest BCUT2D eigenvalue weighted by Crippen LogP contribution is -2.32. The van der Waals surface area contributed by atoms with E-state index < -0.39 is 57.9 Å². The van der Waals surface area contributed by atoms with Crippen molar-refractivity contribution in [2.45, 2.75) is 51.1 Å². The standard InChI is InChI=1S/C35H34ClF5N8O3S/c1-15(11-18(50-4)7-8-45-3)52-34-47-28-25-29(51-10-9-49(33(25)48-34)16(2)20-12-17(36)14-46-31(20)43)26(35(39,40)41)24(27(28)38)19-5-6-22(37)30-23(19)21(13-42)32(44)53-30/h5-6,12,14-16,18,45H,7-11,44H2,1-4H3,(H2,43,46). The quantitative estimate of drug-likeness (QED) is 0.113. The second-order valence-electron chi connectivity index (χ2n) is 12.5. The number of alkyl halides is 3. The predicted molar refractivity (Wildman–Crippen MR) is 193 cm³/mol. The largest absolute Gasteiger partial charge is 0.490 e. The summed E-state index contributed by atoms with van der Waals surface area (Å²) in [5.74, 6) is -3.05. The number of ether oxygens (including phenoxy) is 3. The molecule has 0 fully saturated rings. The van der Waals surface area contributed by atoms with Crippen LogP contribution in [0.4, 0.5) is 38.6 Å². The lowest BCUT2D eigenvalue weighted by Gasteiger charge is -2.30. The monoisotopic (exact) mass is 776 g/mol. The maximum absolute atomic E-state index is 17.4. The molecule has 0 aliphatic carbocycles. The molecule has 0 saturated heterocycles. The number of methoxy groups -OCH3 is 1. The molecule has 4 heterocycles. The molecule has 2 aromatic carbocycles. The summed E-state index contributed by atoms with van der Waals surface area (Å²) in [6.07, 6.45) is -3.69. The number of nitrogens with one attached hydrogen (secondary N) is 1. The van der Waals surface area contributed by atoms with E-state index in [-0.39, 0.29) is 68.0 Å². The molecule has 53 heavy (non-hydrogen) atoms. The van der Waals surface area contributed by atoms with Crippen LogP contribution in [0.3, 0.4) is 0 Å². The number of hydrogen-bond acceptors (Lipinski definition) is 12. The second kappa shape index (κ2) is 14.9. The third-order valence-corrected chi connectivity index (χ3v) is 10.4. The Labute approximate surface area is 309 Å². The van der Waals surface area contributed by atoms with Gasteiger partial charge < -0.3 is 35.9 Å². The van der Waals surface area contributed by atoms with Crippen LogP contribution in [0, 0.1) is 23.0 Å². The highest BCUT2D eigenvalue weighted by Crippen LogP contribution is 2.54. The topological polar surface area (TPSA) is 157 Å². The van der Waals surface area contributed by atoms with Crippen molar-refractivity contribution >= 4 is 60.6 Å². The molecule has 3 aromatic heterocycles. The molecule has 0 amide bonds. The number of nitrogens with two attached hydrogens (primary N) is 2. The van der Waals surface area contributed by atoms with Gasteiger partial charge in [0, 0.05) is 36.2 Å². The van der Waals surface area contributed by atoms with Gasteiger partial charge in [-0.1, -0.05) is 17.7 Å². The summed E-state index contributed by atoms with van der Waals surface area (Å²) >= 11 is 6.92. The lowest BCUT2D eigenvalue weighted by atomic mass is 9.91. The van der Waals surface area contributed by atoms with E-state index in [9.17, 15) is 5.26 Å². The predicted octanol–water partition coefficient (Wildman–Crippen LogP) is 7.63. The van der Waals surface area contributed by atoms with Gasteiger partial charge in [0.1, 0.15) is 58.1 Å². The highest BCUT2D eigenvalue weighted by molar-refractivity contribution is 7.23. The van der Waals surface area contributed by atoms with Crippen molar-refractivity contribution in [1.82, 2.24) is 20.3 Å². The molecule has 3 unspecified atom stereocenters. The first-order valence-electron chi connectivity index (χ1n) is 16.4. The minimum absolute atomic E-state index is 0.0483. The number of nitriles is 1. The van der Waals surface area contributed by atoms with Gasteiger partial charge >= 0.3 is 12.2 Å². The summed E-state index contributed by atoms with van der Waals surface area (Å²) in [5, 5.41) is 12.4. The normalized spacial score (nSPS) is 14.8. The third kappa shape index (κ3) is 7.03. The van der Waals surface area contributed by atoms with E-state index in [4.69, 9.17) is 37.3 Å². The van der Waals surface area contributed by atoms with Crippen LogP contribution in [-0.4, -0.2) is 61.0 Å². The number of nitrogen functional groups attached to an aromatic ring is 2. The van der Waals surface area contributed by atoms with Crippen LogP contribution in [-0.2, 0) is 10.9 Å². The molecule has 0 bridgehead atoms. The van der Waals surface area contributed by atoms with Crippen molar-refractivity contribution < 1.29 is 36.2 Å². The zero-order valence-corrected chi connectivity index (χ0v) is 30.4. The second-order valence-corrected chi connectivity index (χ2v) is 13.9. The van der Waals surface area contributed by atoms with Crippen LogP contribution in [0.5, 0.6) is 11.8 Å². The Balaban J connectivity index is 1.67. The number of rotatable bonds is 11. The third-order valence-electron chi connectivity index (χ3n) is 9.12. The maximum atomic E-state index is 17.4. The fourth-order valence-electron chi connectivity index (χ4n) is 6.63. The van der Waals surface area contributed by atoms with Crippen LogP contribution < -0.4 is 31.2 Å². The number of halogens is 6. The molecule has 1 aliphatic heterocycles. The van der Waals surface area contributed by atoms with E-state index in [1.165, 1.54) is 6.20 Å². The average Bonchev–Trinajstić information content (AvgIpc) is 3.34. The minimum atomic E-state index is -5.24. The fraction of sp³-hybridized carbons (Fsp3) is 0.371. The van der Waals surface area contributed by atoms with E-state index in [0.717, 1.165) is 12.1 Å². The van der Waals surface area contributed by atoms with Gasteiger partial charge in [0.05, 0.1) is 39.4 Å². The van der Waals surface area contributed by atoms with Crippen LogP contribution in [0.2, 0.25) is 5.02 Å². The van der Waals surface area contributed by atoms with E-state index in [0.29, 0.717) is 36.3 Å². The number of thiophene rings is 1. The summed E-state index contributed by atoms with van der Waals surface area (Å²) in [5.41, 5.74) is 8.87. The molecule has 11 nitrogen and oxygen atoms in total. The van der Waals surface area contributed by atoms with E-state index in [1.807, 2.05) is 6.07 Å². The molecule has 0 radical (unpaired) electrons. The van der Waals surface area contributed by atoms with Gasteiger partial charge in [-0.15, -0.1) is 11.3 Å². The average molecular weight is 777 g/mol. The first kappa shape index (κ1) is 38.0. The van der Waals surface area contributed by atoms with Crippen molar-refractivity contribution in [3.05, 3.63) is 57.7 Å². The van der Waals surface area contributed by atoms with Crippen molar-refractivity contribution in [3.8, 4) is 29.0 Å². The summed E-state index contributed by atoms with van der Waals surface area (Å²) in [6, 6.07) is 4.21. The molecule has 18 heteroatoms. The van der Waals surface area contributed by atoms with Gasteiger partial charge in [-0.2, -0.15) is 28.4 Å². The Kier molecular flexibility index (Phi) is 10.7. The summed E-state index contributed by atoms with van der Waals surface area (Å²) in [6.45, 7) is 3.74. The number of benzene rings is 2. The molecular formula is C35H34ClF5N8O3S. The van der Waals surface area contributed by atoms with E-state index >= 15 is 22.0 Å². The van der Waals surface area contributed by atoms with Gasteiger partial charge in [0.2, 0.25) is 0 Å². The minimum Gasteiger partial charge on any atom is -0.490 e. The SMILES string of the molecule is CNCCC(CC(C)Oc1nc2c3c(c(C(F)(F)F)c(-c4ccc(F)c5sc(N)c(C#N)c45)c(F)c3n1)OCCN2C(C)c1cc(Cl)cnc1N)OC. The van der Waals surface area contributed by atoms with Crippen LogP contribution >= 0.6 is 22.9 Å². The highest BCUT2D eigenvalue weighted by Gasteiger charge is 2.44. The number of nitrogens with zero attached hydrogens (tertiary/aromatic N) is 5. The number of fused-ring (bicyclic) bond motifs is 1. The van der Waals surface area contributed by atoms with Gasteiger partial charge in [-0.25, -0.2) is 13.8 Å². The summed E-state index contributed by atoms with van der Waals surface area (Å²) in [4.78, 5) is 14.7.